The summed E-state index contributed by atoms with van der Waals surface area (Å²) in [6.45, 7) is 6.59. The van der Waals surface area contributed by atoms with Crippen molar-refractivity contribution in [1.82, 2.24) is 4.72 Å². The minimum atomic E-state index is -3.60. The molecule has 0 aliphatic heterocycles. The second-order valence-electron chi connectivity index (χ2n) is 4.77. The summed E-state index contributed by atoms with van der Waals surface area (Å²) < 4.78 is 26.8. The van der Waals surface area contributed by atoms with Gasteiger partial charge in [0.2, 0.25) is 10.0 Å². The van der Waals surface area contributed by atoms with Crippen LogP contribution in [0, 0.1) is 6.92 Å². The molecule has 1 atom stereocenters. The highest BCUT2D eigenvalue weighted by molar-refractivity contribution is 7.89. The minimum Gasteiger partial charge on any atom is -0.391 e. The lowest BCUT2D eigenvalue weighted by Crippen LogP contribution is -2.50. The molecule has 0 saturated carbocycles. The lowest BCUT2D eigenvalue weighted by molar-refractivity contribution is 0.111. The van der Waals surface area contributed by atoms with Crippen molar-refractivity contribution >= 4 is 10.0 Å². The first-order chi connectivity index (χ1) is 7.67. The predicted octanol–water partition coefficient (Wildman–Crippen LogP) is 1.43. The molecule has 1 aromatic rings. The van der Waals surface area contributed by atoms with Gasteiger partial charge in [-0.05, 0) is 39.3 Å². The molecule has 5 heteroatoms. The Morgan fingerprint density at radius 3 is 2.29 bits per heavy atom. The summed E-state index contributed by atoms with van der Waals surface area (Å²) in [6, 6.07) is 6.75. The summed E-state index contributed by atoms with van der Waals surface area (Å²) in [5, 5.41) is 9.53. The van der Waals surface area contributed by atoms with E-state index in [-0.39, 0.29) is 4.90 Å². The highest BCUT2D eigenvalue weighted by Crippen LogP contribution is 2.18. The molecule has 0 bridgehead atoms. The van der Waals surface area contributed by atoms with Gasteiger partial charge in [-0.3, -0.25) is 0 Å². The molecule has 1 aromatic carbocycles. The third-order valence-electron chi connectivity index (χ3n) is 2.82. The number of aliphatic hydroxyl groups excluding tert-OH is 1. The first-order valence-electron chi connectivity index (χ1n) is 5.44. The summed E-state index contributed by atoms with van der Waals surface area (Å²) in [5.41, 5.74) is -0.220. The number of hydrogen-bond donors (Lipinski definition) is 2. The molecule has 0 amide bonds. The molecule has 0 aliphatic rings. The van der Waals surface area contributed by atoms with Crippen molar-refractivity contribution < 1.29 is 13.5 Å². The van der Waals surface area contributed by atoms with Gasteiger partial charge in [0, 0.05) is 0 Å². The molecule has 96 valence electrons. The number of sulfonamides is 1. The largest absolute Gasteiger partial charge is 0.391 e. The molecule has 4 nitrogen and oxygen atoms in total. The number of benzene rings is 1. The summed E-state index contributed by atoms with van der Waals surface area (Å²) in [5.74, 6) is 0. The summed E-state index contributed by atoms with van der Waals surface area (Å²) >= 11 is 0. The lowest BCUT2D eigenvalue weighted by Gasteiger charge is -2.29. The lowest BCUT2D eigenvalue weighted by atomic mass is 10.0. The maximum absolute atomic E-state index is 12.2. The van der Waals surface area contributed by atoms with E-state index >= 15 is 0 Å². The van der Waals surface area contributed by atoms with Gasteiger partial charge < -0.3 is 5.11 Å². The molecule has 0 aliphatic carbocycles. The van der Waals surface area contributed by atoms with Gasteiger partial charge in [0.15, 0.2) is 0 Å². The Hall–Kier alpha value is -0.910. The van der Waals surface area contributed by atoms with Gasteiger partial charge >= 0.3 is 0 Å². The molecular weight excluding hydrogens is 238 g/mol. The van der Waals surface area contributed by atoms with E-state index in [1.54, 1.807) is 52.0 Å². The third-order valence-corrected chi connectivity index (χ3v) is 4.66. The van der Waals surface area contributed by atoms with E-state index < -0.39 is 21.7 Å². The van der Waals surface area contributed by atoms with E-state index in [0.717, 1.165) is 0 Å². The fourth-order valence-corrected chi connectivity index (χ4v) is 3.07. The fraction of sp³-hybridized carbons (Fsp3) is 0.500. The normalized spacial score (nSPS) is 14.6. The minimum absolute atomic E-state index is 0.244. The number of aliphatic hydroxyl groups is 1. The zero-order valence-corrected chi connectivity index (χ0v) is 11.4. The molecule has 0 heterocycles. The Labute approximate surface area is 103 Å². The van der Waals surface area contributed by atoms with Crippen molar-refractivity contribution in [2.45, 2.75) is 44.2 Å². The average Bonchev–Trinajstić information content (AvgIpc) is 2.16. The zero-order chi connectivity index (χ0) is 13.3. The molecular formula is C12H19NO3S. The van der Waals surface area contributed by atoms with Crippen molar-refractivity contribution in [2.75, 3.05) is 0 Å². The Bertz CT molecular complexity index is 492. The number of rotatable bonds is 4. The van der Waals surface area contributed by atoms with Crippen LogP contribution in [0.15, 0.2) is 29.2 Å². The van der Waals surface area contributed by atoms with Gasteiger partial charge in [0.1, 0.15) is 0 Å². The van der Waals surface area contributed by atoms with Crippen LogP contribution in [-0.2, 0) is 10.0 Å². The van der Waals surface area contributed by atoms with Crippen molar-refractivity contribution in [1.29, 1.82) is 0 Å². The molecule has 0 spiro atoms. The maximum Gasteiger partial charge on any atom is 0.241 e. The molecule has 1 rings (SSSR count). The topological polar surface area (TPSA) is 66.4 Å². The highest BCUT2D eigenvalue weighted by atomic mass is 32.2. The summed E-state index contributed by atoms with van der Waals surface area (Å²) in [6.07, 6.45) is -0.777. The highest BCUT2D eigenvalue weighted by Gasteiger charge is 2.30. The quantitative estimate of drug-likeness (QED) is 0.857. The SMILES string of the molecule is Cc1ccccc1S(=O)(=O)NC(C)(C)C(C)O. The van der Waals surface area contributed by atoms with Gasteiger partial charge in [0.05, 0.1) is 16.5 Å². The van der Waals surface area contributed by atoms with Crippen molar-refractivity contribution in [3.63, 3.8) is 0 Å². The molecule has 2 N–H and O–H groups in total. The molecule has 0 radical (unpaired) electrons. The Kier molecular flexibility index (Phi) is 3.96. The molecule has 17 heavy (non-hydrogen) atoms. The van der Waals surface area contributed by atoms with Crippen LogP contribution in [0.2, 0.25) is 0 Å². The second-order valence-corrected chi connectivity index (χ2v) is 6.42. The van der Waals surface area contributed by atoms with Gasteiger partial charge in [-0.2, -0.15) is 0 Å². The number of aryl methyl sites for hydroxylation is 1. The van der Waals surface area contributed by atoms with Crippen LogP contribution in [0.1, 0.15) is 26.3 Å². The monoisotopic (exact) mass is 257 g/mol. The van der Waals surface area contributed by atoms with E-state index in [2.05, 4.69) is 4.72 Å². The molecule has 0 aromatic heterocycles. The van der Waals surface area contributed by atoms with E-state index in [0.29, 0.717) is 5.56 Å². The molecule has 0 saturated heterocycles. The van der Waals surface area contributed by atoms with Crippen LogP contribution in [-0.4, -0.2) is 25.2 Å². The summed E-state index contributed by atoms with van der Waals surface area (Å²) in [7, 11) is -3.60. The smallest absolute Gasteiger partial charge is 0.241 e. The van der Waals surface area contributed by atoms with E-state index in [1.165, 1.54) is 0 Å². The van der Waals surface area contributed by atoms with Crippen LogP contribution in [0.5, 0.6) is 0 Å². The van der Waals surface area contributed by atoms with E-state index in [9.17, 15) is 13.5 Å². The predicted molar refractivity (Wildman–Crippen MR) is 67.3 cm³/mol. The Morgan fingerprint density at radius 2 is 1.82 bits per heavy atom. The number of nitrogens with one attached hydrogen (secondary N) is 1. The van der Waals surface area contributed by atoms with Crippen LogP contribution >= 0.6 is 0 Å². The summed E-state index contributed by atoms with van der Waals surface area (Å²) in [4.78, 5) is 0.244. The fourth-order valence-electron chi connectivity index (χ4n) is 1.34. The average molecular weight is 257 g/mol. The van der Waals surface area contributed by atoms with E-state index in [4.69, 9.17) is 0 Å². The van der Waals surface area contributed by atoms with Crippen molar-refractivity contribution in [3.05, 3.63) is 29.8 Å². The zero-order valence-electron chi connectivity index (χ0n) is 10.6. The number of hydrogen-bond acceptors (Lipinski definition) is 3. The van der Waals surface area contributed by atoms with Gasteiger partial charge in [-0.1, -0.05) is 18.2 Å². The van der Waals surface area contributed by atoms with Crippen LogP contribution in [0.3, 0.4) is 0 Å². The van der Waals surface area contributed by atoms with Gasteiger partial charge in [0.25, 0.3) is 0 Å². The van der Waals surface area contributed by atoms with Crippen LogP contribution in [0.25, 0.3) is 0 Å². The Morgan fingerprint density at radius 1 is 1.29 bits per heavy atom. The van der Waals surface area contributed by atoms with Crippen LogP contribution < -0.4 is 4.72 Å². The third kappa shape index (κ3) is 3.28. The molecule has 0 fully saturated rings. The maximum atomic E-state index is 12.2. The van der Waals surface area contributed by atoms with Gasteiger partial charge in [-0.15, -0.1) is 0 Å². The standard InChI is InChI=1S/C12H19NO3S/c1-9-7-5-6-8-11(9)17(15,16)13-12(3,4)10(2)14/h5-8,10,13-14H,1-4H3. The van der Waals surface area contributed by atoms with Gasteiger partial charge in [-0.25, -0.2) is 13.1 Å². The van der Waals surface area contributed by atoms with Crippen molar-refractivity contribution in [2.24, 2.45) is 0 Å². The van der Waals surface area contributed by atoms with Crippen LogP contribution in [0.4, 0.5) is 0 Å². The van der Waals surface area contributed by atoms with Crippen molar-refractivity contribution in [3.8, 4) is 0 Å². The molecule has 1 unspecified atom stereocenters. The first kappa shape index (κ1) is 14.2. The second kappa shape index (κ2) is 4.76. The van der Waals surface area contributed by atoms with E-state index in [1.807, 2.05) is 0 Å². The first-order valence-corrected chi connectivity index (χ1v) is 6.93. The Balaban J connectivity index is 3.11.